The highest BCUT2D eigenvalue weighted by Gasteiger charge is 2.25. The van der Waals surface area contributed by atoms with Crippen molar-refractivity contribution in [3.63, 3.8) is 0 Å². The quantitative estimate of drug-likeness (QED) is 0.767. The Morgan fingerprint density at radius 1 is 1.17 bits per heavy atom. The van der Waals surface area contributed by atoms with Crippen molar-refractivity contribution in [2.75, 3.05) is 0 Å². The van der Waals surface area contributed by atoms with Crippen LogP contribution in [0.15, 0.2) is 51.8 Å². The number of halogens is 2. The standard InChI is InChI=1S/C16H9BrFNO3S/c17-11-6-5-10(8-12(11)18)22-13-4-2-1-3-9(13)7-14-15(20)19-16(21)23-14/h1-8H,(H,19,20,21). The van der Waals surface area contributed by atoms with Gasteiger partial charge in [0.05, 0.1) is 9.38 Å². The number of carbonyl (C=O) groups excluding carboxylic acids is 2. The fraction of sp³-hybridized carbons (Fsp3) is 0. The monoisotopic (exact) mass is 393 g/mol. The molecule has 0 bridgehead atoms. The second kappa shape index (κ2) is 6.55. The summed E-state index contributed by atoms with van der Waals surface area (Å²) in [6.45, 7) is 0. The Balaban J connectivity index is 1.92. The third-order valence-electron chi connectivity index (χ3n) is 2.97. The fourth-order valence-electron chi connectivity index (χ4n) is 1.92. The van der Waals surface area contributed by atoms with Gasteiger partial charge in [-0.05, 0) is 52.0 Å². The normalized spacial score (nSPS) is 15.8. The van der Waals surface area contributed by atoms with Gasteiger partial charge in [-0.1, -0.05) is 18.2 Å². The Kier molecular flexibility index (Phi) is 4.49. The zero-order valence-electron chi connectivity index (χ0n) is 11.5. The SMILES string of the molecule is O=C1NC(=O)C(=Cc2ccccc2Oc2ccc(Br)c(F)c2)S1. The molecule has 3 rings (SSSR count). The van der Waals surface area contributed by atoms with Crippen molar-refractivity contribution >= 4 is 44.9 Å². The van der Waals surface area contributed by atoms with Gasteiger partial charge in [0.2, 0.25) is 0 Å². The van der Waals surface area contributed by atoms with Gasteiger partial charge in [0.25, 0.3) is 11.1 Å². The summed E-state index contributed by atoms with van der Waals surface area (Å²) in [7, 11) is 0. The topological polar surface area (TPSA) is 55.4 Å². The Hall–Kier alpha value is -2.12. The van der Waals surface area contributed by atoms with Gasteiger partial charge in [-0.3, -0.25) is 14.9 Å². The van der Waals surface area contributed by atoms with Gasteiger partial charge in [0.15, 0.2) is 0 Å². The first-order valence-corrected chi connectivity index (χ1v) is 8.10. The first-order valence-electron chi connectivity index (χ1n) is 6.50. The molecule has 1 aliphatic heterocycles. The molecule has 0 unspecified atom stereocenters. The number of carbonyl (C=O) groups is 2. The van der Waals surface area contributed by atoms with Gasteiger partial charge >= 0.3 is 0 Å². The number of benzene rings is 2. The average molecular weight is 394 g/mol. The Morgan fingerprint density at radius 2 is 1.96 bits per heavy atom. The minimum atomic E-state index is -0.440. The molecule has 1 fully saturated rings. The molecular formula is C16H9BrFNO3S. The van der Waals surface area contributed by atoms with E-state index in [9.17, 15) is 14.0 Å². The molecule has 116 valence electrons. The number of para-hydroxylation sites is 1. The highest BCUT2D eigenvalue weighted by molar-refractivity contribution is 9.10. The number of hydrogen-bond donors (Lipinski definition) is 1. The minimum Gasteiger partial charge on any atom is -0.457 e. The van der Waals surface area contributed by atoms with Crippen molar-refractivity contribution in [3.8, 4) is 11.5 Å². The summed E-state index contributed by atoms with van der Waals surface area (Å²) in [6.07, 6.45) is 1.56. The maximum atomic E-state index is 13.6. The van der Waals surface area contributed by atoms with Crippen molar-refractivity contribution in [1.29, 1.82) is 0 Å². The zero-order valence-corrected chi connectivity index (χ0v) is 13.9. The smallest absolute Gasteiger partial charge is 0.290 e. The van der Waals surface area contributed by atoms with Gasteiger partial charge in [-0.2, -0.15) is 0 Å². The minimum absolute atomic E-state index is 0.285. The number of imide groups is 1. The van der Waals surface area contributed by atoms with E-state index in [-0.39, 0.29) is 4.91 Å². The van der Waals surface area contributed by atoms with E-state index in [2.05, 4.69) is 21.2 Å². The van der Waals surface area contributed by atoms with Crippen LogP contribution in [0.2, 0.25) is 0 Å². The van der Waals surface area contributed by atoms with Crippen molar-refractivity contribution < 1.29 is 18.7 Å². The molecule has 1 N–H and O–H groups in total. The van der Waals surface area contributed by atoms with Crippen LogP contribution in [-0.4, -0.2) is 11.1 Å². The fourth-order valence-corrected chi connectivity index (χ4v) is 2.84. The Labute approximate surface area is 143 Å². The molecule has 0 spiro atoms. The van der Waals surface area contributed by atoms with E-state index in [1.807, 2.05) is 0 Å². The van der Waals surface area contributed by atoms with Gasteiger partial charge in [-0.25, -0.2) is 4.39 Å². The Morgan fingerprint density at radius 3 is 2.65 bits per heavy atom. The lowest BCUT2D eigenvalue weighted by molar-refractivity contribution is -0.115. The van der Waals surface area contributed by atoms with Crippen LogP contribution in [0.5, 0.6) is 11.5 Å². The van der Waals surface area contributed by atoms with Crippen LogP contribution < -0.4 is 10.1 Å². The summed E-state index contributed by atoms with van der Waals surface area (Å²) < 4.78 is 19.6. The number of amides is 2. The molecule has 7 heteroatoms. The van der Waals surface area contributed by atoms with Gasteiger partial charge in [-0.15, -0.1) is 0 Å². The molecule has 1 saturated heterocycles. The molecular weight excluding hydrogens is 385 g/mol. The van der Waals surface area contributed by atoms with Crippen molar-refractivity contribution in [2.24, 2.45) is 0 Å². The van der Waals surface area contributed by atoms with Crippen LogP contribution in [0, 0.1) is 5.82 Å². The van der Waals surface area contributed by atoms with Crippen molar-refractivity contribution in [3.05, 3.63) is 63.2 Å². The predicted molar refractivity (Wildman–Crippen MR) is 89.7 cm³/mol. The Bertz CT molecular complexity index is 838. The second-order valence-corrected chi connectivity index (χ2v) is 6.44. The summed E-state index contributed by atoms with van der Waals surface area (Å²) in [6, 6.07) is 11.4. The summed E-state index contributed by atoms with van der Waals surface area (Å²) in [5.74, 6) is -0.0928. The van der Waals surface area contributed by atoms with Crippen LogP contribution in [0.4, 0.5) is 9.18 Å². The first kappa shape index (κ1) is 15.8. The van der Waals surface area contributed by atoms with E-state index in [0.29, 0.717) is 21.5 Å². The van der Waals surface area contributed by atoms with Crippen LogP contribution in [0.1, 0.15) is 5.56 Å². The zero-order chi connectivity index (χ0) is 16.4. The number of hydrogen-bond acceptors (Lipinski definition) is 4. The van der Waals surface area contributed by atoms with Gasteiger partial charge < -0.3 is 4.74 Å². The average Bonchev–Trinajstić information content (AvgIpc) is 2.83. The molecule has 0 aliphatic carbocycles. The molecule has 0 saturated carbocycles. The van der Waals surface area contributed by atoms with E-state index in [0.717, 1.165) is 11.8 Å². The third kappa shape index (κ3) is 3.62. The van der Waals surface area contributed by atoms with Crippen LogP contribution in [0.25, 0.3) is 6.08 Å². The second-order valence-electron chi connectivity index (χ2n) is 4.57. The van der Waals surface area contributed by atoms with Gasteiger partial charge in [0, 0.05) is 11.6 Å². The van der Waals surface area contributed by atoms with E-state index < -0.39 is 17.0 Å². The lowest BCUT2D eigenvalue weighted by Gasteiger charge is -2.09. The largest absolute Gasteiger partial charge is 0.457 e. The molecule has 1 heterocycles. The van der Waals surface area contributed by atoms with Crippen LogP contribution in [-0.2, 0) is 4.79 Å². The maximum absolute atomic E-state index is 13.6. The number of rotatable bonds is 3. The van der Waals surface area contributed by atoms with E-state index in [1.165, 1.54) is 6.07 Å². The molecule has 1 aliphatic rings. The lowest BCUT2D eigenvalue weighted by Crippen LogP contribution is -2.17. The summed E-state index contributed by atoms with van der Waals surface area (Å²) in [5.41, 5.74) is 0.614. The molecule has 23 heavy (non-hydrogen) atoms. The molecule has 0 aromatic heterocycles. The number of ether oxygens (including phenoxy) is 1. The molecule has 0 atom stereocenters. The summed E-state index contributed by atoms with van der Waals surface area (Å²) >= 11 is 3.91. The molecule has 2 aromatic rings. The molecule has 2 aromatic carbocycles. The third-order valence-corrected chi connectivity index (χ3v) is 4.42. The number of thioether (sulfide) groups is 1. The highest BCUT2D eigenvalue weighted by atomic mass is 79.9. The summed E-state index contributed by atoms with van der Waals surface area (Å²) in [5, 5.41) is 1.78. The van der Waals surface area contributed by atoms with E-state index >= 15 is 0 Å². The van der Waals surface area contributed by atoms with Crippen molar-refractivity contribution in [2.45, 2.75) is 0 Å². The molecule has 0 radical (unpaired) electrons. The summed E-state index contributed by atoms with van der Waals surface area (Å²) in [4.78, 5) is 23.1. The molecule has 2 amide bonds. The van der Waals surface area contributed by atoms with Crippen LogP contribution >= 0.6 is 27.7 Å². The maximum Gasteiger partial charge on any atom is 0.290 e. The van der Waals surface area contributed by atoms with Crippen molar-refractivity contribution in [1.82, 2.24) is 5.32 Å². The van der Waals surface area contributed by atoms with Crippen LogP contribution in [0.3, 0.4) is 0 Å². The van der Waals surface area contributed by atoms with Gasteiger partial charge in [0.1, 0.15) is 17.3 Å². The highest BCUT2D eigenvalue weighted by Crippen LogP contribution is 2.32. The predicted octanol–water partition coefficient (Wildman–Crippen LogP) is 4.70. The first-order chi connectivity index (χ1) is 11.0. The molecule has 4 nitrogen and oxygen atoms in total. The van der Waals surface area contributed by atoms with E-state index in [1.54, 1.807) is 42.5 Å². The lowest BCUT2D eigenvalue weighted by atomic mass is 10.2. The van der Waals surface area contributed by atoms with E-state index in [4.69, 9.17) is 4.74 Å². The number of nitrogens with one attached hydrogen (secondary N) is 1.